The zero-order valence-corrected chi connectivity index (χ0v) is 32.3. The summed E-state index contributed by atoms with van der Waals surface area (Å²) in [5, 5.41) is 3.80. The van der Waals surface area contributed by atoms with Gasteiger partial charge in [-0.05, 0) is 82.3 Å². The van der Waals surface area contributed by atoms with Crippen molar-refractivity contribution in [2.75, 3.05) is 0 Å². The van der Waals surface area contributed by atoms with Crippen molar-refractivity contribution in [2.45, 2.75) is 0 Å². The van der Waals surface area contributed by atoms with Gasteiger partial charge in [0, 0.05) is 28.2 Å². The fraction of sp³-hybridized carbons (Fsp3) is 0. The van der Waals surface area contributed by atoms with Crippen LogP contribution in [0, 0.1) is 0 Å². The van der Waals surface area contributed by atoms with Gasteiger partial charge in [-0.1, -0.05) is 140 Å². The lowest BCUT2D eigenvalue weighted by Gasteiger charge is -2.29. The van der Waals surface area contributed by atoms with Gasteiger partial charge in [-0.25, -0.2) is 15.0 Å². The number of imidazole rings is 3. The maximum Gasteiger partial charge on any atom is 0.226 e. The zero-order chi connectivity index (χ0) is 38.2. The van der Waals surface area contributed by atoms with Crippen LogP contribution in [0.4, 0.5) is 0 Å². The molecule has 0 spiro atoms. The molecule has 0 saturated carbocycles. The van der Waals surface area contributed by atoms with Crippen LogP contribution in [0.15, 0.2) is 206 Å². The molecular formula is C51H34N6Si. The summed E-state index contributed by atoms with van der Waals surface area (Å²) in [6.45, 7) is 0. The fourth-order valence-electron chi connectivity index (χ4n) is 9.26. The predicted octanol–water partition coefficient (Wildman–Crippen LogP) is 8.73. The van der Waals surface area contributed by atoms with Gasteiger partial charge in [0.15, 0.2) is 0 Å². The molecule has 4 heterocycles. The Hall–Kier alpha value is -7.61. The quantitative estimate of drug-likeness (QED) is 0.160. The molecule has 7 heteroatoms. The summed E-state index contributed by atoms with van der Waals surface area (Å²) in [4.78, 5) is 16.2. The van der Waals surface area contributed by atoms with Crippen molar-refractivity contribution in [1.82, 2.24) is 28.7 Å². The average Bonchev–Trinajstić information content (AvgIpc) is 4.05. The molecule has 12 rings (SSSR count). The predicted molar refractivity (Wildman–Crippen MR) is 238 cm³/mol. The van der Waals surface area contributed by atoms with Gasteiger partial charge in [-0.3, -0.25) is 13.7 Å². The topological polar surface area (TPSA) is 53.5 Å². The van der Waals surface area contributed by atoms with Gasteiger partial charge in [0.25, 0.3) is 0 Å². The van der Waals surface area contributed by atoms with Gasteiger partial charge in [0.2, 0.25) is 8.07 Å². The van der Waals surface area contributed by atoms with Gasteiger partial charge >= 0.3 is 0 Å². The Labute approximate surface area is 335 Å². The van der Waals surface area contributed by atoms with E-state index >= 15 is 0 Å². The fourth-order valence-corrected chi connectivity index (χ4v) is 14.2. The molecule has 0 amide bonds. The van der Waals surface area contributed by atoms with E-state index in [4.69, 9.17) is 15.0 Å². The highest BCUT2D eigenvalue weighted by Gasteiger charge is 2.52. The Morgan fingerprint density at radius 2 is 0.776 bits per heavy atom. The number of rotatable bonds is 6. The smallest absolute Gasteiger partial charge is 0.226 e. The molecule has 0 fully saturated rings. The molecule has 1 aliphatic heterocycles. The lowest BCUT2D eigenvalue weighted by atomic mass is 10.2. The number of fused-ring (bicyclic) bond motifs is 7. The van der Waals surface area contributed by atoms with Gasteiger partial charge in [0.05, 0.1) is 33.1 Å². The van der Waals surface area contributed by atoms with Crippen molar-refractivity contribution in [1.29, 1.82) is 0 Å². The second-order valence-corrected chi connectivity index (χ2v) is 18.5. The lowest BCUT2D eigenvalue weighted by Crippen LogP contribution is -2.73. The third-order valence-corrected chi connectivity index (χ3v) is 16.3. The maximum atomic E-state index is 5.60. The van der Waals surface area contributed by atoms with Gasteiger partial charge in [-0.15, -0.1) is 0 Å². The summed E-state index contributed by atoms with van der Waals surface area (Å²) in [6, 6.07) is 73.6. The molecule has 0 aliphatic carbocycles. The molecule has 0 unspecified atom stereocenters. The van der Waals surface area contributed by atoms with Crippen molar-refractivity contribution in [3.63, 3.8) is 0 Å². The molecule has 1 aliphatic rings. The molecule has 6 nitrogen and oxygen atoms in total. The van der Waals surface area contributed by atoms with Gasteiger partial charge < -0.3 is 0 Å². The van der Waals surface area contributed by atoms with Crippen LogP contribution < -0.4 is 21.0 Å². The first-order chi connectivity index (χ1) is 28.8. The Morgan fingerprint density at radius 3 is 1.31 bits per heavy atom. The molecule has 8 aromatic carbocycles. The van der Waals surface area contributed by atoms with Crippen LogP contribution in [-0.2, 0) is 0 Å². The molecule has 0 bridgehead atoms. The summed E-state index contributed by atoms with van der Waals surface area (Å²) >= 11 is 0. The van der Waals surface area contributed by atoms with Crippen molar-refractivity contribution >= 4 is 62.2 Å². The van der Waals surface area contributed by atoms with E-state index < -0.39 is 8.07 Å². The highest BCUT2D eigenvalue weighted by Crippen LogP contribution is 2.33. The highest BCUT2D eigenvalue weighted by molar-refractivity contribution is 7.20. The van der Waals surface area contributed by atoms with Crippen LogP contribution in [0.25, 0.3) is 72.9 Å². The first-order valence-electron chi connectivity index (χ1n) is 19.6. The van der Waals surface area contributed by atoms with E-state index in [2.05, 4.69) is 220 Å². The molecule has 11 aromatic rings. The number of para-hydroxylation sites is 9. The molecule has 0 saturated heterocycles. The second-order valence-electron chi connectivity index (χ2n) is 14.9. The molecular weight excluding hydrogens is 725 g/mol. The normalized spacial score (nSPS) is 13.0. The summed E-state index contributed by atoms with van der Waals surface area (Å²) in [5.41, 5.74) is 12.7. The standard InChI is InChI=1S/C51H34N6Si/c1-3-19-37(20-4-1)55-44-28-10-7-25-41(44)52-49(55)35-17-15-23-39(33-35)58(48-32-14-13-31-47(48)57-46-30-12-9-27-43(46)54-51(57)58)40-24-16-18-36(34-40)50-53-42-26-8-11-29-45(42)56(50)38-21-5-2-6-22-38/h1-34H. The first-order valence-corrected chi connectivity index (χ1v) is 21.6. The number of aromatic nitrogens is 6. The second kappa shape index (κ2) is 12.7. The van der Waals surface area contributed by atoms with Crippen LogP contribution in [0.2, 0.25) is 0 Å². The van der Waals surface area contributed by atoms with Crippen LogP contribution in [0.5, 0.6) is 0 Å². The van der Waals surface area contributed by atoms with Crippen LogP contribution >= 0.6 is 0 Å². The van der Waals surface area contributed by atoms with Crippen molar-refractivity contribution in [3.8, 4) is 39.8 Å². The Bertz CT molecular complexity index is 3200. The SMILES string of the molecule is c1ccc(-n2c(-c3cccc([Si]4(c5cccc(-c6nc7ccccc7n6-c6ccccc6)c5)c5ccccc5-n5c4nc4ccccc45)c3)nc3ccccc32)cc1. The van der Waals surface area contributed by atoms with Crippen LogP contribution in [0.3, 0.4) is 0 Å². The van der Waals surface area contributed by atoms with Gasteiger partial charge in [-0.2, -0.15) is 0 Å². The van der Waals surface area contributed by atoms with Crippen LogP contribution in [-0.4, -0.2) is 36.7 Å². The van der Waals surface area contributed by atoms with E-state index in [9.17, 15) is 0 Å². The van der Waals surface area contributed by atoms with E-state index in [0.717, 1.165) is 72.7 Å². The largest absolute Gasteiger partial charge is 0.299 e. The van der Waals surface area contributed by atoms with Gasteiger partial charge in [0.1, 0.15) is 17.1 Å². The van der Waals surface area contributed by atoms with E-state index in [0.29, 0.717) is 0 Å². The summed E-state index contributed by atoms with van der Waals surface area (Å²) in [6.07, 6.45) is 0. The summed E-state index contributed by atoms with van der Waals surface area (Å²) in [7, 11) is -3.13. The Kier molecular flexibility index (Phi) is 7.15. The average molecular weight is 759 g/mol. The van der Waals surface area contributed by atoms with E-state index in [1.165, 1.54) is 21.2 Å². The lowest BCUT2D eigenvalue weighted by molar-refractivity contribution is 1.10. The van der Waals surface area contributed by atoms with Crippen molar-refractivity contribution in [3.05, 3.63) is 206 Å². The Balaban J connectivity index is 1.15. The number of hydrogen-bond donors (Lipinski definition) is 0. The first kappa shape index (κ1) is 32.6. The highest BCUT2D eigenvalue weighted by atomic mass is 28.3. The number of nitrogens with zero attached hydrogens (tertiary/aromatic N) is 6. The van der Waals surface area contributed by atoms with Crippen molar-refractivity contribution < 1.29 is 0 Å². The summed E-state index contributed by atoms with van der Waals surface area (Å²) in [5.74, 6) is 1.81. The summed E-state index contributed by atoms with van der Waals surface area (Å²) < 4.78 is 7.00. The molecule has 58 heavy (non-hydrogen) atoms. The minimum atomic E-state index is -3.13. The minimum absolute atomic E-state index is 0.906. The minimum Gasteiger partial charge on any atom is -0.299 e. The van der Waals surface area contributed by atoms with E-state index in [1.54, 1.807) is 0 Å². The Morgan fingerprint density at radius 1 is 0.345 bits per heavy atom. The third-order valence-electron chi connectivity index (χ3n) is 11.7. The maximum absolute atomic E-state index is 5.60. The zero-order valence-electron chi connectivity index (χ0n) is 31.3. The monoisotopic (exact) mass is 758 g/mol. The van der Waals surface area contributed by atoms with Crippen LogP contribution in [0.1, 0.15) is 0 Å². The molecule has 3 aromatic heterocycles. The molecule has 0 atom stereocenters. The van der Waals surface area contributed by atoms with E-state index in [1.807, 2.05) is 0 Å². The number of hydrogen-bond acceptors (Lipinski definition) is 3. The molecule has 0 N–H and O–H groups in total. The third kappa shape index (κ3) is 4.68. The molecule has 272 valence electrons. The molecule has 0 radical (unpaired) electrons. The number of benzene rings is 8. The van der Waals surface area contributed by atoms with Crippen molar-refractivity contribution in [2.24, 2.45) is 0 Å². The van der Waals surface area contributed by atoms with E-state index in [-0.39, 0.29) is 0 Å².